The van der Waals surface area contributed by atoms with Crippen molar-refractivity contribution in [3.63, 3.8) is 0 Å². The first-order valence-corrected chi connectivity index (χ1v) is 9.61. The number of amides is 1. The minimum absolute atomic E-state index is 0.203. The van der Waals surface area contributed by atoms with E-state index in [2.05, 4.69) is 43.1 Å². The van der Waals surface area contributed by atoms with Crippen LogP contribution in [0.3, 0.4) is 0 Å². The van der Waals surface area contributed by atoms with Crippen molar-refractivity contribution in [3.05, 3.63) is 65.2 Å². The van der Waals surface area contributed by atoms with Crippen molar-refractivity contribution in [2.45, 2.75) is 4.43 Å². The maximum atomic E-state index is 12.0. The van der Waals surface area contributed by atoms with Gasteiger partial charge in [-0.3, -0.25) is 9.89 Å². The molecular weight excluding hydrogens is 457 g/mol. The van der Waals surface area contributed by atoms with E-state index in [-0.39, 0.29) is 11.4 Å². The van der Waals surface area contributed by atoms with E-state index in [1.54, 1.807) is 13.3 Å². The highest BCUT2D eigenvalue weighted by atomic mass is 127. The summed E-state index contributed by atoms with van der Waals surface area (Å²) in [6, 6.07) is 15.3. The number of hydrogen-bond donors (Lipinski definition) is 3. The van der Waals surface area contributed by atoms with Gasteiger partial charge in [-0.05, 0) is 35.4 Å². The van der Waals surface area contributed by atoms with Crippen molar-refractivity contribution >= 4 is 52.0 Å². The molecule has 0 aliphatic carbocycles. The topological polar surface area (TPSA) is 105 Å². The number of aliphatic imine (C=N–C) groups is 1. The Labute approximate surface area is 170 Å². The molecule has 0 unspecified atom stereocenters. The smallest absolute Gasteiger partial charge is 0.256 e. The summed E-state index contributed by atoms with van der Waals surface area (Å²) in [5.41, 5.74) is 8.56. The van der Waals surface area contributed by atoms with Gasteiger partial charge in [-0.1, -0.05) is 46.9 Å². The van der Waals surface area contributed by atoms with Gasteiger partial charge >= 0.3 is 0 Å². The van der Waals surface area contributed by atoms with Crippen LogP contribution in [0.2, 0.25) is 0 Å². The van der Waals surface area contributed by atoms with Gasteiger partial charge in [-0.2, -0.15) is 5.10 Å². The lowest BCUT2D eigenvalue weighted by atomic mass is 10.2. The number of aromatic amines is 1. The van der Waals surface area contributed by atoms with E-state index in [0.29, 0.717) is 5.82 Å². The fourth-order valence-corrected chi connectivity index (χ4v) is 2.95. The van der Waals surface area contributed by atoms with Crippen LogP contribution in [0.15, 0.2) is 53.5 Å². The van der Waals surface area contributed by atoms with Crippen molar-refractivity contribution in [3.8, 4) is 5.75 Å². The number of hydrogen-bond acceptors (Lipinski definition) is 5. The van der Waals surface area contributed by atoms with Gasteiger partial charge in [0.05, 0.1) is 7.11 Å². The Balaban J connectivity index is 1.88. The second kappa shape index (κ2) is 8.67. The van der Waals surface area contributed by atoms with Crippen LogP contribution >= 0.6 is 22.6 Å². The fraction of sp³-hybridized carbons (Fsp3) is 0.105. The van der Waals surface area contributed by atoms with Gasteiger partial charge in [0.1, 0.15) is 11.3 Å². The largest absolute Gasteiger partial charge is 0.497 e. The third kappa shape index (κ3) is 4.64. The van der Waals surface area contributed by atoms with E-state index in [0.717, 1.165) is 27.0 Å². The minimum Gasteiger partial charge on any atom is -0.497 e. The SMILES string of the molecule is COc1cccc(/C=N/c2[nH]nc(Nc3cccc(CI)c3)c2C(N)=O)c1. The molecule has 8 heteroatoms. The average Bonchev–Trinajstić information content (AvgIpc) is 3.09. The summed E-state index contributed by atoms with van der Waals surface area (Å²) in [4.78, 5) is 16.3. The molecule has 27 heavy (non-hydrogen) atoms. The van der Waals surface area contributed by atoms with Gasteiger partial charge in [0.15, 0.2) is 11.6 Å². The molecule has 0 radical (unpaired) electrons. The van der Waals surface area contributed by atoms with Gasteiger partial charge in [-0.15, -0.1) is 0 Å². The number of H-pyrrole nitrogens is 1. The van der Waals surface area contributed by atoms with Gasteiger partial charge < -0.3 is 15.8 Å². The highest BCUT2D eigenvalue weighted by molar-refractivity contribution is 14.1. The van der Waals surface area contributed by atoms with E-state index < -0.39 is 5.91 Å². The normalized spacial score (nSPS) is 10.9. The molecule has 4 N–H and O–H groups in total. The van der Waals surface area contributed by atoms with Crippen LogP contribution in [-0.2, 0) is 4.43 Å². The number of rotatable bonds is 7. The number of benzene rings is 2. The van der Waals surface area contributed by atoms with Gasteiger partial charge in [-0.25, -0.2) is 4.99 Å². The molecule has 0 atom stereocenters. The van der Waals surface area contributed by atoms with Gasteiger partial charge in [0, 0.05) is 16.3 Å². The number of primary amides is 1. The molecule has 0 spiro atoms. The Morgan fingerprint density at radius 2 is 2.15 bits per heavy atom. The lowest BCUT2D eigenvalue weighted by Crippen LogP contribution is -2.12. The van der Waals surface area contributed by atoms with Crippen LogP contribution < -0.4 is 15.8 Å². The summed E-state index contributed by atoms with van der Waals surface area (Å²) in [7, 11) is 1.60. The van der Waals surface area contributed by atoms with Gasteiger partial charge in [0.25, 0.3) is 5.91 Å². The molecule has 1 amide bonds. The Bertz CT molecular complexity index is 984. The average molecular weight is 475 g/mol. The van der Waals surface area contributed by atoms with Crippen molar-refractivity contribution in [2.24, 2.45) is 10.7 Å². The highest BCUT2D eigenvalue weighted by Gasteiger charge is 2.18. The molecule has 0 aliphatic rings. The van der Waals surface area contributed by atoms with Crippen LogP contribution in [0.5, 0.6) is 5.75 Å². The zero-order chi connectivity index (χ0) is 19.2. The van der Waals surface area contributed by atoms with Crippen molar-refractivity contribution in [2.75, 3.05) is 12.4 Å². The predicted molar refractivity (Wildman–Crippen MR) is 115 cm³/mol. The molecule has 138 valence electrons. The van der Waals surface area contributed by atoms with Gasteiger partial charge in [0.2, 0.25) is 0 Å². The van der Waals surface area contributed by atoms with Crippen LogP contribution in [0.4, 0.5) is 17.3 Å². The number of nitrogens with one attached hydrogen (secondary N) is 2. The lowest BCUT2D eigenvalue weighted by molar-refractivity contribution is 0.100. The van der Waals surface area contributed by atoms with Crippen LogP contribution in [0.25, 0.3) is 0 Å². The molecule has 0 saturated carbocycles. The minimum atomic E-state index is -0.617. The zero-order valence-electron chi connectivity index (χ0n) is 14.6. The number of aromatic nitrogens is 2. The predicted octanol–water partition coefficient (Wildman–Crippen LogP) is 3.95. The number of anilines is 2. The molecule has 2 aromatic carbocycles. The third-order valence-electron chi connectivity index (χ3n) is 3.77. The number of nitrogens with zero attached hydrogens (tertiary/aromatic N) is 2. The van der Waals surface area contributed by atoms with Crippen molar-refractivity contribution in [1.29, 1.82) is 0 Å². The molecule has 0 fully saturated rings. The number of halogens is 1. The fourth-order valence-electron chi connectivity index (χ4n) is 2.48. The van der Waals surface area contributed by atoms with E-state index in [1.165, 1.54) is 0 Å². The summed E-state index contributed by atoms with van der Waals surface area (Å²) in [5.74, 6) is 0.731. The zero-order valence-corrected chi connectivity index (χ0v) is 16.7. The molecule has 0 bridgehead atoms. The summed E-state index contributed by atoms with van der Waals surface area (Å²) in [6.45, 7) is 0. The van der Waals surface area contributed by atoms with Crippen LogP contribution in [0, 0.1) is 0 Å². The molecule has 3 rings (SSSR count). The van der Waals surface area contributed by atoms with E-state index in [4.69, 9.17) is 10.5 Å². The Hall–Kier alpha value is -2.88. The third-order valence-corrected chi connectivity index (χ3v) is 4.65. The van der Waals surface area contributed by atoms with Crippen LogP contribution in [-0.4, -0.2) is 29.4 Å². The molecule has 3 aromatic rings. The van der Waals surface area contributed by atoms with Crippen molar-refractivity contribution < 1.29 is 9.53 Å². The summed E-state index contributed by atoms with van der Waals surface area (Å²) in [6.07, 6.45) is 1.61. The first kappa shape index (κ1) is 18.9. The number of nitrogens with two attached hydrogens (primary N) is 1. The molecule has 0 aliphatic heterocycles. The quantitative estimate of drug-likeness (QED) is 0.274. The van der Waals surface area contributed by atoms with Crippen LogP contribution in [0.1, 0.15) is 21.5 Å². The second-order valence-corrected chi connectivity index (χ2v) is 6.42. The number of methoxy groups -OCH3 is 1. The van der Waals surface area contributed by atoms with E-state index in [1.807, 2.05) is 48.5 Å². The molecule has 7 nitrogen and oxygen atoms in total. The molecule has 0 saturated heterocycles. The summed E-state index contributed by atoms with van der Waals surface area (Å²) >= 11 is 2.29. The number of ether oxygens (including phenoxy) is 1. The number of alkyl halides is 1. The Kier molecular flexibility index (Phi) is 6.07. The highest BCUT2D eigenvalue weighted by Crippen LogP contribution is 2.27. The standard InChI is InChI=1S/C19H18IN5O2/c1-27-15-7-3-5-13(9-15)11-22-18-16(17(21)26)19(25-24-18)23-14-6-2-4-12(8-14)10-20/h2-9,11H,10H2,1H3,(H2,21,26)(H2,23,24,25)/b22-11+. The monoisotopic (exact) mass is 475 g/mol. The maximum Gasteiger partial charge on any atom is 0.256 e. The first-order valence-electron chi connectivity index (χ1n) is 8.09. The number of carbonyl (C=O) groups is 1. The Morgan fingerprint density at radius 1 is 1.33 bits per heavy atom. The maximum absolute atomic E-state index is 12.0. The number of carbonyl (C=O) groups excluding carboxylic acids is 1. The summed E-state index contributed by atoms with van der Waals surface area (Å²) < 4.78 is 6.07. The van der Waals surface area contributed by atoms with Crippen molar-refractivity contribution in [1.82, 2.24) is 10.2 Å². The second-order valence-electron chi connectivity index (χ2n) is 5.65. The molecule has 1 aromatic heterocycles. The lowest BCUT2D eigenvalue weighted by Gasteiger charge is -2.06. The van der Waals surface area contributed by atoms with E-state index in [9.17, 15) is 4.79 Å². The first-order chi connectivity index (χ1) is 13.1. The summed E-state index contributed by atoms with van der Waals surface area (Å²) in [5, 5.41) is 10.0. The molecular formula is C19H18IN5O2. The van der Waals surface area contributed by atoms with E-state index >= 15 is 0 Å². The molecule has 1 heterocycles. The Morgan fingerprint density at radius 3 is 2.89 bits per heavy atom.